The number of fused-ring (bicyclic) bond motifs is 10. The van der Waals surface area contributed by atoms with Crippen LogP contribution in [0, 0.1) is 0 Å². The third-order valence-electron chi connectivity index (χ3n) is 14.0. The summed E-state index contributed by atoms with van der Waals surface area (Å²) in [6.07, 6.45) is 0. The van der Waals surface area contributed by atoms with Gasteiger partial charge in [0, 0.05) is 22.7 Å². The van der Waals surface area contributed by atoms with Crippen LogP contribution < -0.4 is 9.80 Å². The second-order valence-electron chi connectivity index (χ2n) is 17.7. The lowest BCUT2D eigenvalue weighted by Crippen LogP contribution is -2.36. The summed E-state index contributed by atoms with van der Waals surface area (Å²) in [5, 5.41) is 2.39. The number of nitrogens with zero attached hydrogens (tertiary/aromatic N) is 2. The van der Waals surface area contributed by atoms with Gasteiger partial charge in [0.15, 0.2) is 0 Å². The quantitative estimate of drug-likeness (QED) is 0.158. The molecule has 11 aromatic carbocycles. The van der Waals surface area contributed by atoms with Crippen molar-refractivity contribution in [2.45, 2.75) is 5.41 Å². The molecule has 0 saturated heterocycles. The molecule has 2 nitrogen and oxygen atoms in total. The van der Waals surface area contributed by atoms with Crippen molar-refractivity contribution in [3.05, 3.63) is 289 Å². The Morgan fingerprint density at radius 3 is 1.30 bits per heavy atom. The molecule has 0 saturated carbocycles. The fourth-order valence-electron chi connectivity index (χ4n) is 11.0. The van der Waals surface area contributed by atoms with E-state index in [9.17, 15) is 0 Å². The highest BCUT2D eigenvalue weighted by molar-refractivity contribution is 5.98. The van der Waals surface area contributed by atoms with Crippen molar-refractivity contribution in [1.82, 2.24) is 0 Å². The van der Waals surface area contributed by atoms with E-state index in [2.05, 4.69) is 277 Å². The van der Waals surface area contributed by atoms with Gasteiger partial charge >= 0.3 is 0 Å². The molecule has 13 rings (SSSR count). The molecule has 1 heterocycles. The molecule has 1 aliphatic heterocycles. The van der Waals surface area contributed by atoms with E-state index in [0.29, 0.717) is 0 Å². The molecule has 0 atom stereocenters. The van der Waals surface area contributed by atoms with Crippen molar-refractivity contribution in [3.8, 4) is 44.5 Å². The topological polar surface area (TPSA) is 6.48 Å². The van der Waals surface area contributed by atoms with Crippen LogP contribution in [-0.2, 0) is 5.41 Å². The lowest BCUT2D eigenvalue weighted by Gasteiger charge is -2.45. The second kappa shape index (κ2) is 15.8. The summed E-state index contributed by atoms with van der Waals surface area (Å²) in [4.78, 5) is 4.81. The first kappa shape index (κ1) is 38.7. The van der Waals surface area contributed by atoms with Crippen LogP contribution in [0.4, 0.5) is 34.1 Å². The molecule has 0 N–H and O–H groups in total. The maximum Gasteiger partial charge on any atom is 0.0754 e. The van der Waals surface area contributed by atoms with Crippen molar-refractivity contribution in [3.63, 3.8) is 0 Å². The number of para-hydroxylation sites is 3. The minimum absolute atomic E-state index is 0.506. The van der Waals surface area contributed by atoms with Crippen LogP contribution >= 0.6 is 0 Å². The van der Waals surface area contributed by atoms with Crippen molar-refractivity contribution in [1.29, 1.82) is 0 Å². The number of anilines is 6. The third kappa shape index (κ3) is 6.26. The maximum absolute atomic E-state index is 2.48. The van der Waals surface area contributed by atoms with Crippen molar-refractivity contribution in [2.75, 3.05) is 9.80 Å². The maximum atomic E-state index is 2.48. The van der Waals surface area contributed by atoms with E-state index < -0.39 is 5.41 Å². The summed E-state index contributed by atoms with van der Waals surface area (Å²) in [7, 11) is 0. The molecule has 11 aromatic rings. The van der Waals surface area contributed by atoms with Gasteiger partial charge in [0.05, 0.1) is 16.8 Å². The number of hydrogen-bond acceptors (Lipinski definition) is 2. The molecular weight excluding hydrogens is 809 g/mol. The van der Waals surface area contributed by atoms with E-state index in [1.54, 1.807) is 0 Å². The zero-order chi connectivity index (χ0) is 44.3. The second-order valence-corrected chi connectivity index (χ2v) is 17.7. The van der Waals surface area contributed by atoms with Gasteiger partial charge in [0.2, 0.25) is 0 Å². The molecule has 1 spiro atoms. The van der Waals surface area contributed by atoms with Crippen LogP contribution in [-0.4, -0.2) is 0 Å². The lowest BCUT2D eigenvalue weighted by atomic mass is 9.64. The van der Waals surface area contributed by atoms with E-state index in [1.807, 2.05) is 0 Å². The molecule has 0 fully saturated rings. The summed E-state index contributed by atoms with van der Waals surface area (Å²) >= 11 is 0. The predicted octanol–water partition coefficient (Wildman–Crippen LogP) is 17.5. The van der Waals surface area contributed by atoms with Gasteiger partial charge in [-0.1, -0.05) is 194 Å². The van der Waals surface area contributed by atoms with E-state index in [-0.39, 0.29) is 0 Å². The molecule has 1 aliphatic carbocycles. The van der Waals surface area contributed by atoms with Crippen molar-refractivity contribution in [2.24, 2.45) is 0 Å². The van der Waals surface area contributed by atoms with E-state index >= 15 is 0 Å². The minimum atomic E-state index is -0.506. The molecule has 67 heavy (non-hydrogen) atoms. The molecule has 0 radical (unpaired) electrons. The summed E-state index contributed by atoms with van der Waals surface area (Å²) in [5.74, 6) is 0. The first-order chi connectivity index (χ1) is 33.2. The largest absolute Gasteiger partial charge is 0.310 e. The van der Waals surface area contributed by atoms with Gasteiger partial charge in [-0.15, -0.1) is 0 Å². The van der Waals surface area contributed by atoms with Gasteiger partial charge in [-0.25, -0.2) is 0 Å². The highest BCUT2D eigenvalue weighted by Gasteiger charge is 2.51. The molecular formula is C65H44N2. The zero-order valence-corrected chi connectivity index (χ0v) is 36.8. The Hall–Kier alpha value is -8.72. The lowest BCUT2D eigenvalue weighted by molar-refractivity contribution is 0.753. The van der Waals surface area contributed by atoms with Gasteiger partial charge in [0.1, 0.15) is 0 Å². The zero-order valence-electron chi connectivity index (χ0n) is 36.8. The Balaban J connectivity index is 0.919. The fourth-order valence-corrected chi connectivity index (χ4v) is 11.0. The van der Waals surface area contributed by atoms with Gasteiger partial charge < -0.3 is 9.80 Å². The predicted molar refractivity (Wildman–Crippen MR) is 280 cm³/mol. The molecule has 0 bridgehead atoms. The van der Waals surface area contributed by atoms with Crippen molar-refractivity contribution < 1.29 is 0 Å². The van der Waals surface area contributed by atoms with Crippen LogP contribution in [0.3, 0.4) is 0 Å². The van der Waals surface area contributed by atoms with Gasteiger partial charge in [0.25, 0.3) is 0 Å². The van der Waals surface area contributed by atoms with Crippen molar-refractivity contribution >= 4 is 44.9 Å². The minimum Gasteiger partial charge on any atom is -0.310 e. The Bertz CT molecular complexity index is 3490. The molecule has 2 aliphatic rings. The summed E-state index contributed by atoms with van der Waals surface area (Å²) in [5.41, 5.74) is 21.4. The summed E-state index contributed by atoms with van der Waals surface area (Å²) < 4.78 is 0. The third-order valence-corrected chi connectivity index (χ3v) is 14.0. The summed E-state index contributed by atoms with van der Waals surface area (Å²) in [6.45, 7) is 0. The average molecular weight is 853 g/mol. The monoisotopic (exact) mass is 852 g/mol. The smallest absolute Gasteiger partial charge is 0.0754 e. The van der Waals surface area contributed by atoms with Crippen LogP contribution in [0.2, 0.25) is 0 Å². The number of rotatable bonds is 7. The van der Waals surface area contributed by atoms with Crippen LogP contribution in [0.5, 0.6) is 0 Å². The molecule has 2 heteroatoms. The van der Waals surface area contributed by atoms with Gasteiger partial charge in [-0.2, -0.15) is 0 Å². The summed E-state index contributed by atoms with van der Waals surface area (Å²) in [6, 6.07) is 98.0. The highest BCUT2D eigenvalue weighted by Crippen LogP contribution is 2.63. The number of hydrogen-bond donors (Lipinski definition) is 0. The normalized spacial score (nSPS) is 12.9. The SMILES string of the molecule is c1ccc(-c2ccc(N(c3ccc(-c4ccccc4)cc3)c3ccc4cc(-c5ccc6c(c5)C5(c7ccccc7-6)c6ccccc6N(c6ccccc6)c6ccccc65)ccc4c3)cc2)cc1. The van der Waals surface area contributed by atoms with Crippen LogP contribution in [0.15, 0.2) is 267 Å². The standard InChI is InChI=1S/C65H44N2/c1-4-16-45(17-5-1)47-30-36-54(37-31-47)66(55-38-32-48(33-39-55)46-18-6-2-7-19-46)56-40-34-50-42-49(28-29-51(50)43-56)52-35-41-58-57-22-10-11-23-59(57)65(62(58)44-52)60-24-12-14-26-63(60)67(53-20-8-3-9-21-53)64-27-15-13-25-61(64)65/h1-44H. The van der Waals surface area contributed by atoms with E-state index in [4.69, 9.17) is 0 Å². The Morgan fingerprint density at radius 2 is 0.687 bits per heavy atom. The first-order valence-electron chi connectivity index (χ1n) is 23.2. The van der Waals surface area contributed by atoms with Crippen LogP contribution in [0.25, 0.3) is 55.3 Å². The van der Waals surface area contributed by atoms with Gasteiger partial charge in [-0.05, 0) is 150 Å². The molecule has 314 valence electrons. The average Bonchev–Trinajstić information content (AvgIpc) is 3.70. The van der Waals surface area contributed by atoms with E-state index in [0.717, 1.165) is 22.7 Å². The molecule has 0 unspecified atom stereocenters. The fraction of sp³-hybridized carbons (Fsp3) is 0.0154. The Kier molecular flexibility index (Phi) is 9.11. The Labute approximate surface area is 391 Å². The van der Waals surface area contributed by atoms with E-state index in [1.165, 1.54) is 88.9 Å². The molecule has 0 amide bonds. The molecule has 0 aromatic heterocycles. The number of benzene rings is 11. The highest BCUT2D eigenvalue weighted by atomic mass is 15.2. The van der Waals surface area contributed by atoms with Crippen LogP contribution in [0.1, 0.15) is 22.3 Å². The Morgan fingerprint density at radius 1 is 0.269 bits per heavy atom. The van der Waals surface area contributed by atoms with Gasteiger partial charge in [-0.3, -0.25) is 0 Å². The first-order valence-corrected chi connectivity index (χ1v) is 23.2.